The van der Waals surface area contributed by atoms with Crippen molar-refractivity contribution in [3.05, 3.63) is 23.8 Å². The van der Waals surface area contributed by atoms with Gasteiger partial charge in [-0.3, -0.25) is 4.79 Å². The third kappa shape index (κ3) is 3.07. The molecule has 0 bridgehead atoms. The Morgan fingerprint density at radius 1 is 1.47 bits per heavy atom. The summed E-state index contributed by atoms with van der Waals surface area (Å²) in [5.41, 5.74) is 7.17. The van der Waals surface area contributed by atoms with Gasteiger partial charge in [-0.25, -0.2) is 0 Å². The molecule has 1 aromatic carbocycles. The molecule has 0 heterocycles. The zero-order valence-corrected chi connectivity index (χ0v) is 11.8. The summed E-state index contributed by atoms with van der Waals surface area (Å²) in [6.45, 7) is 6.36. The number of rotatable bonds is 5. The fourth-order valence-electron chi connectivity index (χ4n) is 2.05. The Morgan fingerprint density at radius 3 is 2.63 bits per heavy atom. The third-order valence-electron chi connectivity index (χ3n) is 3.54. The van der Waals surface area contributed by atoms with Gasteiger partial charge in [-0.15, -0.1) is 0 Å². The molecule has 4 nitrogen and oxygen atoms in total. The highest BCUT2D eigenvalue weighted by Crippen LogP contribution is 2.45. The van der Waals surface area contributed by atoms with Crippen LogP contribution in [0.3, 0.4) is 0 Å². The maximum atomic E-state index is 12.1. The molecule has 3 N–H and O–H groups in total. The molecule has 2 rings (SSSR count). The summed E-state index contributed by atoms with van der Waals surface area (Å²) >= 11 is 0. The van der Waals surface area contributed by atoms with E-state index in [4.69, 9.17) is 10.5 Å². The fourth-order valence-corrected chi connectivity index (χ4v) is 2.05. The van der Waals surface area contributed by atoms with E-state index in [-0.39, 0.29) is 17.4 Å². The van der Waals surface area contributed by atoms with E-state index in [2.05, 4.69) is 5.32 Å². The van der Waals surface area contributed by atoms with Crippen molar-refractivity contribution in [1.29, 1.82) is 0 Å². The van der Waals surface area contributed by atoms with Gasteiger partial charge in [0.15, 0.2) is 0 Å². The predicted molar refractivity (Wildman–Crippen MR) is 76.3 cm³/mol. The Kier molecular flexibility index (Phi) is 3.80. The van der Waals surface area contributed by atoms with Crippen LogP contribution in [0.2, 0.25) is 0 Å². The second kappa shape index (κ2) is 5.21. The lowest BCUT2D eigenvalue weighted by atomic mass is 10.1. The molecule has 1 saturated carbocycles. The van der Waals surface area contributed by atoms with E-state index < -0.39 is 0 Å². The van der Waals surface area contributed by atoms with Crippen molar-refractivity contribution in [2.75, 3.05) is 11.9 Å². The number of amides is 1. The molecule has 19 heavy (non-hydrogen) atoms. The number of aryl methyl sites for hydroxylation is 1. The van der Waals surface area contributed by atoms with E-state index in [1.165, 1.54) is 0 Å². The topological polar surface area (TPSA) is 64.3 Å². The molecule has 1 fully saturated rings. The average Bonchev–Trinajstić information content (AvgIpc) is 3.12. The lowest BCUT2D eigenvalue weighted by Gasteiger charge is -2.16. The number of hydrogen-bond donors (Lipinski definition) is 2. The lowest BCUT2D eigenvalue weighted by Crippen LogP contribution is -2.31. The van der Waals surface area contributed by atoms with Gasteiger partial charge in [0.25, 0.3) is 0 Å². The van der Waals surface area contributed by atoms with Gasteiger partial charge in [0.1, 0.15) is 5.75 Å². The summed E-state index contributed by atoms with van der Waals surface area (Å²) in [5.74, 6) is 0.862. The van der Waals surface area contributed by atoms with Gasteiger partial charge in [0, 0.05) is 12.2 Å². The number of hydrogen-bond acceptors (Lipinski definition) is 3. The predicted octanol–water partition coefficient (Wildman–Crippen LogP) is 2.46. The second-order valence-electron chi connectivity index (χ2n) is 5.58. The Morgan fingerprint density at radius 2 is 2.16 bits per heavy atom. The van der Waals surface area contributed by atoms with Crippen LogP contribution in [0.4, 0.5) is 5.69 Å². The van der Waals surface area contributed by atoms with Gasteiger partial charge in [-0.05, 0) is 57.4 Å². The molecular weight excluding hydrogens is 240 g/mol. The van der Waals surface area contributed by atoms with Gasteiger partial charge >= 0.3 is 0 Å². The Labute approximate surface area is 114 Å². The summed E-state index contributed by atoms with van der Waals surface area (Å²) in [5, 5.41) is 2.97. The fraction of sp³-hybridized carbons (Fsp3) is 0.533. The number of nitrogens with two attached hydrogens (primary N) is 1. The number of carbonyl (C=O) groups is 1. The van der Waals surface area contributed by atoms with Gasteiger partial charge < -0.3 is 15.8 Å². The first-order valence-corrected chi connectivity index (χ1v) is 6.76. The third-order valence-corrected chi connectivity index (χ3v) is 3.54. The quantitative estimate of drug-likeness (QED) is 0.856. The van der Waals surface area contributed by atoms with Crippen molar-refractivity contribution in [2.24, 2.45) is 11.1 Å². The maximum Gasteiger partial charge on any atom is 0.231 e. The van der Waals surface area contributed by atoms with Crippen molar-refractivity contribution in [3.8, 4) is 5.75 Å². The van der Waals surface area contributed by atoms with E-state index in [0.717, 1.165) is 29.8 Å². The molecule has 0 unspecified atom stereocenters. The average molecular weight is 262 g/mol. The summed E-state index contributed by atoms with van der Waals surface area (Å²) in [4.78, 5) is 12.1. The summed E-state index contributed by atoms with van der Waals surface area (Å²) < 4.78 is 5.62. The molecule has 104 valence electrons. The van der Waals surface area contributed by atoms with Gasteiger partial charge in [-0.2, -0.15) is 0 Å². The Balaban J connectivity index is 2.07. The SMILES string of the molecule is Cc1cc(OC(C)C)ccc1NC(=O)C1(CN)CC1. The van der Waals surface area contributed by atoms with Crippen molar-refractivity contribution >= 4 is 11.6 Å². The normalized spacial score (nSPS) is 16.3. The van der Waals surface area contributed by atoms with Gasteiger partial charge in [0.05, 0.1) is 11.5 Å². The molecule has 1 amide bonds. The van der Waals surface area contributed by atoms with Gasteiger partial charge in [-0.1, -0.05) is 0 Å². The summed E-state index contributed by atoms with van der Waals surface area (Å²) in [6.07, 6.45) is 1.93. The summed E-state index contributed by atoms with van der Waals surface area (Å²) in [7, 11) is 0. The highest BCUT2D eigenvalue weighted by atomic mass is 16.5. The largest absolute Gasteiger partial charge is 0.491 e. The van der Waals surface area contributed by atoms with Crippen molar-refractivity contribution in [1.82, 2.24) is 0 Å². The number of ether oxygens (including phenoxy) is 1. The maximum absolute atomic E-state index is 12.1. The molecule has 0 spiro atoms. The number of anilines is 1. The minimum Gasteiger partial charge on any atom is -0.491 e. The van der Waals surface area contributed by atoms with E-state index >= 15 is 0 Å². The molecule has 1 aromatic rings. The van der Waals surface area contributed by atoms with Crippen LogP contribution < -0.4 is 15.8 Å². The first kappa shape index (κ1) is 13.9. The number of carbonyl (C=O) groups excluding carboxylic acids is 1. The smallest absolute Gasteiger partial charge is 0.231 e. The Hall–Kier alpha value is -1.55. The van der Waals surface area contributed by atoms with Crippen LogP contribution in [-0.4, -0.2) is 18.6 Å². The molecule has 4 heteroatoms. The van der Waals surface area contributed by atoms with Crippen LogP contribution in [0.25, 0.3) is 0 Å². The molecule has 0 atom stereocenters. The van der Waals surface area contributed by atoms with E-state index in [1.807, 2.05) is 39.0 Å². The molecule has 0 radical (unpaired) electrons. The van der Waals surface area contributed by atoms with Crippen LogP contribution in [-0.2, 0) is 4.79 Å². The van der Waals surface area contributed by atoms with Crippen LogP contribution in [0.1, 0.15) is 32.3 Å². The van der Waals surface area contributed by atoms with Crippen LogP contribution >= 0.6 is 0 Å². The van der Waals surface area contributed by atoms with Crippen LogP contribution in [0.5, 0.6) is 5.75 Å². The summed E-state index contributed by atoms with van der Waals surface area (Å²) in [6, 6.07) is 5.71. The lowest BCUT2D eigenvalue weighted by molar-refractivity contribution is -0.120. The second-order valence-corrected chi connectivity index (χ2v) is 5.58. The minimum atomic E-state index is -0.320. The van der Waals surface area contributed by atoms with Crippen molar-refractivity contribution in [3.63, 3.8) is 0 Å². The highest BCUT2D eigenvalue weighted by molar-refractivity contribution is 5.97. The van der Waals surface area contributed by atoms with Crippen LogP contribution in [0, 0.1) is 12.3 Å². The zero-order chi connectivity index (χ0) is 14.0. The Bertz CT molecular complexity index is 479. The molecule has 1 aliphatic carbocycles. The standard InChI is InChI=1S/C15H22N2O2/c1-10(2)19-12-4-5-13(11(3)8-12)17-14(18)15(9-16)6-7-15/h4-5,8,10H,6-7,9,16H2,1-3H3,(H,17,18). The van der Waals surface area contributed by atoms with E-state index in [9.17, 15) is 4.79 Å². The van der Waals surface area contributed by atoms with Crippen molar-refractivity contribution < 1.29 is 9.53 Å². The number of nitrogens with one attached hydrogen (secondary N) is 1. The molecule has 0 saturated heterocycles. The zero-order valence-electron chi connectivity index (χ0n) is 11.8. The van der Waals surface area contributed by atoms with Crippen LogP contribution in [0.15, 0.2) is 18.2 Å². The number of benzene rings is 1. The first-order valence-electron chi connectivity index (χ1n) is 6.76. The first-order chi connectivity index (χ1) is 8.97. The highest BCUT2D eigenvalue weighted by Gasteiger charge is 2.48. The molecule has 1 aliphatic rings. The molecular formula is C15H22N2O2. The molecule has 0 aromatic heterocycles. The van der Waals surface area contributed by atoms with E-state index in [1.54, 1.807) is 0 Å². The van der Waals surface area contributed by atoms with E-state index in [0.29, 0.717) is 6.54 Å². The molecule has 0 aliphatic heterocycles. The van der Waals surface area contributed by atoms with Gasteiger partial charge in [0.2, 0.25) is 5.91 Å². The minimum absolute atomic E-state index is 0.0376. The van der Waals surface area contributed by atoms with Crippen molar-refractivity contribution in [2.45, 2.75) is 39.7 Å². The monoisotopic (exact) mass is 262 g/mol.